The van der Waals surface area contributed by atoms with Crippen molar-refractivity contribution in [2.24, 2.45) is 0 Å². The molecule has 1 aromatic rings. The van der Waals surface area contributed by atoms with E-state index in [0.29, 0.717) is 0 Å². The lowest BCUT2D eigenvalue weighted by Crippen LogP contribution is -1.80. The maximum Gasteiger partial charge on any atom is 0.126 e. The van der Waals surface area contributed by atoms with Crippen molar-refractivity contribution in [2.75, 3.05) is 0 Å². The van der Waals surface area contributed by atoms with Gasteiger partial charge in [-0.25, -0.2) is 0 Å². The molecule has 0 fully saturated rings. The van der Waals surface area contributed by atoms with Crippen LogP contribution in [0.1, 0.15) is 19.8 Å². The van der Waals surface area contributed by atoms with E-state index in [1.54, 1.807) is 6.26 Å². The van der Waals surface area contributed by atoms with E-state index in [1.165, 1.54) is 5.57 Å². The Bertz CT molecular complexity index is 360. The number of para-hydroxylation sites is 1. The zero-order valence-electron chi connectivity index (χ0n) is 9.73. The van der Waals surface area contributed by atoms with Gasteiger partial charge in [0.15, 0.2) is 0 Å². The summed E-state index contributed by atoms with van der Waals surface area (Å²) >= 11 is 0. The lowest BCUT2D eigenvalue weighted by Gasteiger charge is -1.98. The Labute approximate surface area is 97.8 Å². The van der Waals surface area contributed by atoms with Crippen LogP contribution in [-0.4, -0.2) is 0 Å². The van der Waals surface area contributed by atoms with Gasteiger partial charge in [0.1, 0.15) is 5.75 Å². The Balaban J connectivity index is 2.45. The number of ether oxygens (including phenoxy) is 1. The van der Waals surface area contributed by atoms with Crippen LogP contribution < -0.4 is 4.74 Å². The summed E-state index contributed by atoms with van der Waals surface area (Å²) in [7, 11) is 0. The van der Waals surface area contributed by atoms with Gasteiger partial charge in [-0.1, -0.05) is 50.3 Å². The average Bonchev–Trinajstić information content (AvgIpc) is 2.34. The fourth-order valence-electron chi connectivity index (χ4n) is 1.32. The normalized spacial score (nSPS) is 11.7. The molecular formula is C15H18O. The van der Waals surface area contributed by atoms with E-state index in [9.17, 15) is 0 Å². The van der Waals surface area contributed by atoms with Gasteiger partial charge in [-0.05, 0) is 30.2 Å². The molecule has 0 N–H and O–H groups in total. The summed E-state index contributed by atoms with van der Waals surface area (Å²) in [4.78, 5) is 0. The summed E-state index contributed by atoms with van der Waals surface area (Å²) in [5.74, 6) is 0.850. The Kier molecular flexibility index (Phi) is 5.79. The lowest BCUT2D eigenvalue weighted by molar-refractivity contribution is 0.481. The third-order valence-electron chi connectivity index (χ3n) is 2.14. The molecular weight excluding hydrogens is 196 g/mol. The van der Waals surface area contributed by atoms with Crippen LogP contribution in [0.4, 0.5) is 0 Å². The first-order valence-corrected chi connectivity index (χ1v) is 5.56. The highest BCUT2D eigenvalue weighted by molar-refractivity contribution is 5.24. The maximum atomic E-state index is 5.42. The van der Waals surface area contributed by atoms with Gasteiger partial charge in [0, 0.05) is 0 Å². The van der Waals surface area contributed by atoms with Crippen molar-refractivity contribution in [3.8, 4) is 5.75 Å². The average molecular weight is 214 g/mol. The van der Waals surface area contributed by atoms with Crippen molar-refractivity contribution < 1.29 is 4.74 Å². The highest BCUT2D eigenvalue weighted by Crippen LogP contribution is 2.09. The molecule has 1 aromatic carbocycles. The minimum absolute atomic E-state index is 0.850. The van der Waals surface area contributed by atoms with Gasteiger partial charge in [-0.2, -0.15) is 0 Å². The van der Waals surface area contributed by atoms with Crippen LogP contribution in [0.25, 0.3) is 0 Å². The topological polar surface area (TPSA) is 9.23 Å². The Morgan fingerprint density at radius 3 is 2.69 bits per heavy atom. The molecule has 0 heterocycles. The van der Waals surface area contributed by atoms with Gasteiger partial charge in [-0.15, -0.1) is 0 Å². The van der Waals surface area contributed by atoms with E-state index in [4.69, 9.17) is 4.74 Å². The number of hydrogen-bond acceptors (Lipinski definition) is 1. The summed E-state index contributed by atoms with van der Waals surface area (Å²) in [5, 5.41) is 0. The second kappa shape index (κ2) is 7.52. The SMILES string of the molecule is C=C/C(=C\C=C\Oc1ccccc1)CCC. The van der Waals surface area contributed by atoms with Gasteiger partial charge in [0.25, 0.3) is 0 Å². The molecule has 16 heavy (non-hydrogen) atoms. The molecule has 0 bridgehead atoms. The van der Waals surface area contributed by atoms with E-state index in [1.807, 2.05) is 48.6 Å². The minimum atomic E-state index is 0.850. The van der Waals surface area contributed by atoms with Gasteiger partial charge in [-0.3, -0.25) is 0 Å². The maximum absolute atomic E-state index is 5.42. The largest absolute Gasteiger partial charge is 0.465 e. The number of allylic oxidation sites excluding steroid dienone is 4. The van der Waals surface area contributed by atoms with Crippen LogP contribution >= 0.6 is 0 Å². The molecule has 0 atom stereocenters. The molecule has 1 rings (SSSR count). The van der Waals surface area contributed by atoms with Gasteiger partial charge >= 0.3 is 0 Å². The van der Waals surface area contributed by atoms with Crippen LogP contribution in [0, 0.1) is 0 Å². The highest BCUT2D eigenvalue weighted by Gasteiger charge is 1.87. The first-order chi connectivity index (χ1) is 7.86. The van der Waals surface area contributed by atoms with Crippen molar-refractivity contribution in [2.45, 2.75) is 19.8 Å². The molecule has 0 radical (unpaired) electrons. The third kappa shape index (κ3) is 4.65. The van der Waals surface area contributed by atoms with E-state index < -0.39 is 0 Å². The highest BCUT2D eigenvalue weighted by atomic mass is 16.5. The summed E-state index contributed by atoms with van der Waals surface area (Å²) in [5.41, 5.74) is 1.23. The fourth-order valence-corrected chi connectivity index (χ4v) is 1.32. The number of hydrogen-bond donors (Lipinski definition) is 0. The first kappa shape index (κ1) is 12.3. The molecule has 1 heteroatoms. The Morgan fingerprint density at radius 1 is 1.31 bits per heavy atom. The molecule has 0 saturated carbocycles. The van der Waals surface area contributed by atoms with Crippen molar-refractivity contribution in [1.82, 2.24) is 0 Å². The zero-order chi connectivity index (χ0) is 11.6. The summed E-state index contributed by atoms with van der Waals surface area (Å²) in [6.07, 6.45) is 9.69. The standard InChI is InChI=1S/C15H18O/c1-3-9-14(4-2)10-8-13-16-15-11-6-5-7-12-15/h4-8,10-13H,2-3,9H2,1H3/b13-8+,14-10+. The van der Waals surface area contributed by atoms with E-state index in [0.717, 1.165) is 18.6 Å². The van der Waals surface area contributed by atoms with Crippen molar-refractivity contribution >= 4 is 0 Å². The molecule has 0 aromatic heterocycles. The molecule has 1 nitrogen and oxygen atoms in total. The lowest BCUT2D eigenvalue weighted by atomic mass is 10.1. The molecule has 0 aliphatic rings. The molecule has 0 spiro atoms. The smallest absolute Gasteiger partial charge is 0.126 e. The summed E-state index contributed by atoms with van der Waals surface area (Å²) in [6.45, 7) is 5.93. The zero-order valence-corrected chi connectivity index (χ0v) is 9.73. The summed E-state index contributed by atoms with van der Waals surface area (Å²) in [6, 6.07) is 9.72. The monoisotopic (exact) mass is 214 g/mol. The number of rotatable bonds is 6. The second-order valence-electron chi connectivity index (χ2n) is 3.46. The molecule has 0 amide bonds. The van der Waals surface area contributed by atoms with Crippen LogP contribution in [0.15, 0.2) is 67.0 Å². The second-order valence-corrected chi connectivity index (χ2v) is 3.46. The van der Waals surface area contributed by atoms with Crippen molar-refractivity contribution in [1.29, 1.82) is 0 Å². The quantitative estimate of drug-likeness (QED) is 0.500. The van der Waals surface area contributed by atoms with Crippen LogP contribution in [-0.2, 0) is 0 Å². The molecule has 0 unspecified atom stereocenters. The predicted octanol–water partition coefficient (Wildman–Crippen LogP) is 4.49. The number of benzene rings is 1. The minimum Gasteiger partial charge on any atom is -0.465 e. The first-order valence-electron chi connectivity index (χ1n) is 5.56. The van der Waals surface area contributed by atoms with E-state index in [-0.39, 0.29) is 0 Å². The van der Waals surface area contributed by atoms with Crippen molar-refractivity contribution in [3.05, 3.63) is 67.0 Å². The molecule has 0 saturated heterocycles. The van der Waals surface area contributed by atoms with Gasteiger partial charge < -0.3 is 4.74 Å². The molecule has 0 aliphatic carbocycles. The summed E-state index contributed by atoms with van der Waals surface area (Å²) < 4.78 is 5.42. The predicted molar refractivity (Wildman–Crippen MR) is 69.4 cm³/mol. The Morgan fingerprint density at radius 2 is 2.06 bits per heavy atom. The molecule has 84 valence electrons. The van der Waals surface area contributed by atoms with E-state index >= 15 is 0 Å². The van der Waals surface area contributed by atoms with Crippen LogP contribution in [0.2, 0.25) is 0 Å². The van der Waals surface area contributed by atoms with E-state index in [2.05, 4.69) is 13.5 Å². The molecule has 0 aliphatic heterocycles. The fraction of sp³-hybridized carbons (Fsp3) is 0.200. The van der Waals surface area contributed by atoms with Gasteiger partial charge in [0.2, 0.25) is 0 Å². The van der Waals surface area contributed by atoms with Gasteiger partial charge in [0.05, 0.1) is 6.26 Å². The Hall–Kier alpha value is -1.76. The van der Waals surface area contributed by atoms with Crippen molar-refractivity contribution in [3.63, 3.8) is 0 Å². The van der Waals surface area contributed by atoms with Crippen LogP contribution in [0.3, 0.4) is 0 Å². The third-order valence-corrected chi connectivity index (χ3v) is 2.14. The van der Waals surface area contributed by atoms with Crippen LogP contribution in [0.5, 0.6) is 5.75 Å².